The Labute approximate surface area is 133 Å². The number of aryl methyl sites for hydroxylation is 1. The van der Waals surface area contributed by atoms with Crippen molar-refractivity contribution in [1.82, 2.24) is 0 Å². The van der Waals surface area contributed by atoms with Crippen LogP contribution in [0.15, 0.2) is 42.2 Å². The number of carbonyl (C=O) groups excluding carboxylic acids is 1. The molecule has 0 aliphatic rings. The summed E-state index contributed by atoms with van der Waals surface area (Å²) in [4.78, 5) is 12.1. The number of esters is 1. The van der Waals surface area contributed by atoms with Crippen LogP contribution in [0.25, 0.3) is 6.08 Å². The van der Waals surface area contributed by atoms with E-state index in [2.05, 4.69) is 13.0 Å². The number of benzene rings is 1. The molecule has 0 atom stereocenters. The predicted molar refractivity (Wildman–Crippen MR) is 90.4 cm³/mol. The molecule has 0 spiro atoms. The summed E-state index contributed by atoms with van der Waals surface area (Å²) in [5.74, 6) is -0.196. The number of rotatable bonds is 8. The molecule has 120 valence electrons. The van der Waals surface area contributed by atoms with E-state index in [0.29, 0.717) is 6.61 Å². The van der Waals surface area contributed by atoms with Gasteiger partial charge in [-0.3, -0.25) is 0 Å². The van der Waals surface area contributed by atoms with Crippen LogP contribution in [-0.4, -0.2) is 18.7 Å². The number of unbranched alkanes of at least 4 members (excludes halogenated alkanes) is 1. The fraction of sp³-hybridized carbons (Fsp3) is 0.421. The molecule has 0 N–H and O–H groups in total. The van der Waals surface area contributed by atoms with Gasteiger partial charge >= 0.3 is 5.97 Å². The lowest BCUT2D eigenvalue weighted by Crippen LogP contribution is -2.15. The molecule has 0 aliphatic carbocycles. The molecule has 1 rings (SSSR count). The van der Waals surface area contributed by atoms with E-state index in [1.807, 2.05) is 51.1 Å². The van der Waals surface area contributed by atoms with Gasteiger partial charge in [-0.25, -0.2) is 4.79 Å². The summed E-state index contributed by atoms with van der Waals surface area (Å²) < 4.78 is 10.8. The zero-order chi connectivity index (χ0) is 16.4. The number of hydrogen-bond acceptors (Lipinski definition) is 3. The lowest BCUT2D eigenvalue weighted by atomic mass is 10.1. The highest BCUT2D eigenvalue weighted by atomic mass is 16.6. The van der Waals surface area contributed by atoms with E-state index in [1.165, 1.54) is 5.56 Å². The third kappa shape index (κ3) is 7.11. The Morgan fingerprint density at radius 2 is 1.86 bits per heavy atom. The molecule has 0 saturated carbocycles. The first-order valence-electron chi connectivity index (χ1n) is 7.80. The average Bonchev–Trinajstić information content (AvgIpc) is 2.47. The molecule has 0 radical (unpaired) electrons. The molecule has 22 heavy (non-hydrogen) atoms. The molecule has 0 amide bonds. The van der Waals surface area contributed by atoms with Gasteiger partial charge in [-0.1, -0.05) is 55.3 Å². The van der Waals surface area contributed by atoms with Crippen LogP contribution in [0.5, 0.6) is 0 Å². The molecular formula is C19H26O3. The Morgan fingerprint density at radius 1 is 1.18 bits per heavy atom. The van der Waals surface area contributed by atoms with E-state index >= 15 is 0 Å². The van der Waals surface area contributed by atoms with Gasteiger partial charge < -0.3 is 9.47 Å². The first-order chi connectivity index (χ1) is 10.5. The van der Waals surface area contributed by atoms with E-state index in [1.54, 1.807) is 6.08 Å². The average molecular weight is 302 g/mol. The minimum Gasteiger partial charge on any atom is -0.482 e. The lowest BCUT2D eigenvalue weighted by molar-refractivity contribution is -0.146. The molecular weight excluding hydrogens is 276 g/mol. The normalized spacial score (nSPS) is 12.0. The Bertz CT molecular complexity index is 510. The maximum Gasteiger partial charge on any atom is 0.373 e. The SMILES string of the molecule is CCC/C=C/CO/C(=C\c1ccc(C)cc1)C(=O)OC(C)C. The van der Waals surface area contributed by atoms with E-state index in [9.17, 15) is 4.79 Å². The number of hydrogen-bond donors (Lipinski definition) is 0. The zero-order valence-corrected chi connectivity index (χ0v) is 14.0. The van der Waals surface area contributed by atoms with Gasteiger partial charge in [0, 0.05) is 0 Å². The largest absolute Gasteiger partial charge is 0.482 e. The smallest absolute Gasteiger partial charge is 0.373 e. The molecule has 0 aliphatic heterocycles. The summed E-state index contributed by atoms with van der Waals surface area (Å²) in [6.45, 7) is 8.15. The van der Waals surface area contributed by atoms with Crippen molar-refractivity contribution in [3.8, 4) is 0 Å². The Morgan fingerprint density at radius 3 is 2.45 bits per heavy atom. The minimum absolute atomic E-state index is 0.173. The van der Waals surface area contributed by atoms with Crippen molar-refractivity contribution in [2.75, 3.05) is 6.61 Å². The Hall–Kier alpha value is -2.03. The summed E-state index contributed by atoms with van der Waals surface area (Å²) in [6.07, 6.45) is 7.63. The van der Waals surface area contributed by atoms with Gasteiger partial charge in [-0.15, -0.1) is 0 Å². The zero-order valence-electron chi connectivity index (χ0n) is 14.0. The monoisotopic (exact) mass is 302 g/mol. The third-order valence-electron chi connectivity index (χ3n) is 2.88. The quantitative estimate of drug-likeness (QED) is 0.303. The van der Waals surface area contributed by atoms with Crippen LogP contribution in [0.4, 0.5) is 0 Å². The first kappa shape index (κ1) is 18.0. The van der Waals surface area contributed by atoms with Crippen molar-refractivity contribution in [3.05, 3.63) is 53.3 Å². The topological polar surface area (TPSA) is 35.5 Å². The van der Waals surface area contributed by atoms with Gasteiger partial charge in [-0.05, 0) is 38.8 Å². The van der Waals surface area contributed by atoms with Gasteiger partial charge in [0.15, 0.2) is 0 Å². The second-order valence-electron chi connectivity index (χ2n) is 5.44. The standard InChI is InChI=1S/C19H26O3/c1-5-6-7-8-13-21-18(19(20)22-15(2)3)14-17-11-9-16(4)10-12-17/h7-12,14-15H,5-6,13H2,1-4H3/b8-7+,18-14-. The van der Waals surface area contributed by atoms with Crippen molar-refractivity contribution in [2.24, 2.45) is 0 Å². The Balaban J connectivity index is 2.80. The fourth-order valence-electron chi connectivity index (χ4n) is 1.74. The van der Waals surface area contributed by atoms with Crippen molar-refractivity contribution in [2.45, 2.75) is 46.6 Å². The molecule has 1 aromatic carbocycles. The number of allylic oxidation sites excluding steroid dienone is 1. The van der Waals surface area contributed by atoms with Crippen LogP contribution in [0.1, 0.15) is 44.7 Å². The van der Waals surface area contributed by atoms with Crippen molar-refractivity contribution in [1.29, 1.82) is 0 Å². The van der Waals surface area contributed by atoms with Crippen molar-refractivity contribution in [3.63, 3.8) is 0 Å². The summed E-state index contributed by atoms with van der Waals surface area (Å²) >= 11 is 0. The second kappa shape index (κ2) is 9.82. The van der Waals surface area contributed by atoms with Crippen LogP contribution in [0, 0.1) is 6.92 Å². The molecule has 0 aromatic heterocycles. The van der Waals surface area contributed by atoms with E-state index in [0.717, 1.165) is 18.4 Å². The fourth-order valence-corrected chi connectivity index (χ4v) is 1.74. The molecule has 0 unspecified atom stereocenters. The van der Waals surface area contributed by atoms with Crippen LogP contribution in [0.3, 0.4) is 0 Å². The predicted octanol–water partition coefficient (Wildman–Crippen LogP) is 4.66. The van der Waals surface area contributed by atoms with Crippen LogP contribution in [0.2, 0.25) is 0 Å². The van der Waals surface area contributed by atoms with E-state index < -0.39 is 5.97 Å². The maximum absolute atomic E-state index is 12.1. The molecule has 3 heteroatoms. The van der Waals surface area contributed by atoms with Crippen LogP contribution >= 0.6 is 0 Å². The molecule has 0 saturated heterocycles. The highest BCUT2D eigenvalue weighted by Crippen LogP contribution is 2.12. The minimum atomic E-state index is -0.431. The molecule has 3 nitrogen and oxygen atoms in total. The second-order valence-corrected chi connectivity index (χ2v) is 5.44. The van der Waals surface area contributed by atoms with Crippen molar-refractivity contribution < 1.29 is 14.3 Å². The van der Waals surface area contributed by atoms with Crippen LogP contribution in [-0.2, 0) is 14.3 Å². The van der Waals surface area contributed by atoms with E-state index in [-0.39, 0.29) is 11.9 Å². The molecule has 1 aromatic rings. The van der Waals surface area contributed by atoms with Crippen molar-refractivity contribution >= 4 is 12.0 Å². The number of ether oxygens (including phenoxy) is 2. The first-order valence-corrected chi connectivity index (χ1v) is 7.80. The van der Waals surface area contributed by atoms with Gasteiger partial charge in [0.25, 0.3) is 0 Å². The highest BCUT2D eigenvalue weighted by Gasteiger charge is 2.14. The summed E-state index contributed by atoms with van der Waals surface area (Å²) in [5.41, 5.74) is 2.09. The molecule has 0 bridgehead atoms. The van der Waals surface area contributed by atoms with Gasteiger partial charge in [0.2, 0.25) is 5.76 Å². The van der Waals surface area contributed by atoms with Crippen LogP contribution < -0.4 is 0 Å². The van der Waals surface area contributed by atoms with Gasteiger partial charge in [0.05, 0.1) is 6.10 Å². The number of carbonyl (C=O) groups is 1. The lowest BCUT2D eigenvalue weighted by Gasteiger charge is -2.11. The third-order valence-corrected chi connectivity index (χ3v) is 2.88. The maximum atomic E-state index is 12.1. The summed E-state index contributed by atoms with van der Waals surface area (Å²) in [7, 11) is 0. The van der Waals surface area contributed by atoms with Gasteiger partial charge in [0.1, 0.15) is 6.61 Å². The molecule has 0 fully saturated rings. The van der Waals surface area contributed by atoms with E-state index in [4.69, 9.17) is 9.47 Å². The summed E-state index contributed by atoms with van der Waals surface area (Å²) in [6, 6.07) is 7.90. The van der Waals surface area contributed by atoms with Gasteiger partial charge in [-0.2, -0.15) is 0 Å². The summed E-state index contributed by atoms with van der Waals surface area (Å²) in [5, 5.41) is 0. The Kier molecular flexibility index (Phi) is 8.05. The molecule has 0 heterocycles. The highest BCUT2D eigenvalue weighted by molar-refractivity contribution is 5.91.